The molecule has 2 atom stereocenters. The lowest BCUT2D eigenvalue weighted by Gasteiger charge is -2.17. The van der Waals surface area contributed by atoms with Crippen molar-refractivity contribution in [3.63, 3.8) is 0 Å². The Morgan fingerprint density at radius 1 is 1.43 bits per heavy atom. The van der Waals surface area contributed by atoms with Gasteiger partial charge in [0.2, 0.25) is 5.91 Å². The molecule has 0 aliphatic carbocycles. The number of nitrogens with one attached hydrogen (secondary N) is 1. The first kappa shape index (κ1) is 19.9. The van der Waals surface area contributed by atoms with Crippen LogP contribution in [0.4, 0.5) is 10.1 Å². The molecule has 1 aromatic heterocycles. The number of esters is 1. The first-order valence-corrected chi connectivity index (χ1v) is 8.98. The first-order valence-electron chi connectivity index (χ1n) is 8.60. The zero-order valence-corrected chi connectivity index (χ0v) is 15.7. The van der Waals surface area contributed by atoms with Crippen LogP contribution in [0.2, 0.25) is 5.02 Å². The molecule has 1 fully saturated rings. The SMILES string of the molecule is C[C@H](OC(=O)[C@@H]1CC(=O)N(Cc2ccco2)C1)C(=O)Nc1ccc(Cl)cc1F. The molecule has 0 bridgehead atoms. The lowest BCUT2D eigenvalue weighted by atomic mass is 10.1. The van der Waals surface area contributed by atoms with Crippen molar-refractivity contribution in [3.8, 4) is 0 Å². The fourth-order valence-corrected chi connectivity index (χ4v) is 2.98. The number of benzene rings is 1. The van der Waals surface area contributed by atoms with Crippen LogP contribution in [-0.2, 0) is 25.7 Å². The minimum atomic E-state index is -1.16. The molecule has 7 nitrogen and oxygen atoms in total. The fraction of sp³-hybridized carbons (Fsp3) is 0.316. The Morgan fingerprint density at radius 3 is 2.89 bits per heavy atom. The van der Waals surface area contributed by atoms with E-state index in [4.69, 9.17) is 20.8 Å². The van der Waals surface area contributed by atoms with Crippen LogP contribution in [0.5, 0.6) is 0 Å². The Morgan fingerprint density at radius 2 is 2.21 bits per heavy atom. The van der Waals surface area contributed by atoms with Gasteiger partial charge in [-0.2, -0.15) is 0 Å². The maximum atomic E-state index is 13.8. The van der Waals surface area contributed by atoms with E-state index < -0.39 is 29.7 Å². The number of nitrogens with zero attached hydrogens (tertiary/aromatic N) is 1. The molecule has 0 unspecified atom stereocenters. The molecule has 1 N–H and O–H groups in total. The molecule has 0 radical (unpaired) electrons. The van der Waals surface area contributed by atoms with Crippen molar-refractivity contribution < 1.29 is 27.9 Å². The van der Waals surface area contributed by atoms with Crippen LogP contribution < -0.4 is 5.32 Å². The van der Waals surface area contributed by atoms with Crippen LogP contribution in [-0.4, -0.2) is 35.3 Å². The monoisotopic (exact) mass is 408 g/mol. The van der Waals surface area contributed by atoms with E-state index in [0.717, 1.165) is 6.07 Å². The molecule has 9 heteroatoms. The van der Waals surface area contributed by atoms with Gasteiger partial charge in [-0.25, -0.2) is 4.39 Å². The Labute approximate surface area is 165 Å². The minimum absolute atomic E-state index is 0.000304. The van der Waals surface area contributed by atoms with E-state index in [1.807, 2.05) is 0 Å². The quantitative estimate of drug-likeness (QED) is 0.742. The highest BCUT2D eigenvalue weighted by Crippen LogP contribution is 2.23. The van der Waals surface area contributed by atoms with Gasteiger partial charge in [-0.05, 0) is 37.3 Å². The highest BCUT2D eigenvalue weighted by atomic mass is 35.5. The number of hydrogen-bond donors (Lipinski definition) is 1. The van der Waals surface area contributed by atoms with Gasteiger partial charge in [-0.3, -0.25) is 14.4 Å². The number of rotatable bonds is 6. The van der Waals surface area contributed by atoms with Crippen LogP contribution in [0.3, 0.4) is 0 Å². The molecule has 28 heavy (non-hydrogen) atoms. The summed E-state index contributed by atoms with van der Waals surface area (Å²) in [6, 6.07) is 7.25. The number of carbonyl (C=O) groups is 3. The van der Waals surface area contributed by atoms with E-state index >= 15 is 0 Å². The second-order valence-corrected chi connectivity index (χ2v) is 6.88. The van der Waals surface area contributed by atoms with Crippen molar-refractivity contribution in [1.29, 1.82) is 0 Å². The number of hydrogen-bond acceptors (Lipinski definition) is 5. The third-order valence-electron chi connectivity index (χ3n) is 4.33. The maximum Gasteiger partial charge on any atom is 0.312 e. The van der Waals surface area contributed by atoms with Gasteiger partial charge in [0.25, 0.3) is 5.91 Å². The Hall–Kier alpha value is -2.87. The van der Waals surface area contributed by atoms with Crippen molar-refractivity contribution in [2.45, 2.75) is 26.0 Å². The average Bonchev–Trinajstić information content (AvgIpc) is 3.28. The number of likely N-dealkylation sites (tertiary alicyclic amines) is 1. The topological polar surface area (TPSA) is 88.9 Å². The van der Waals surface area contributed by atoms with E-state index in [-0.39, 0.29) is 36.1 Å². The van der Waals surface area contributed by atoms with Gasteiger partial charge in [0.05, 0.1) is 24.4 Å². The zero-order chi connectivity index (χ0) is 20.3. The molecule has 1 aromatic carbocycles. The van der Waals surface area contributed by atoms with Gasteiger partial charge in [0.1, 0.15) is 11.6 Å². The van der Waals surface area contributed by atoms with E-state index in [9.17, 15) is 18.8 Å². The average molecular weight is 409 g/mol. The zero-order valence-electron chi connectivity index (χ0n) is 15.0. The van der Waals surface area contributed by atoms with E-state index in [0.29, 0.717) is 5.76 Å². The molecule has 148 valence electrons. The molecule has 3 rings (SSSR count). The molecular formula is C19H18ClFN2O5. The molecular weight excluding hydrogens is 391 g/mol. The van der Waals surface area contributed by atoms with E-state index in [1.165, 1.54) is 30.2 Å². The highest BCUT2D eigenvalue weighted by Gasteiger charge is 2.37. The molecule has 2 aromatic rings. The van der Waals surface area contributed by atoms with Crippen LogP contribution in [0.15, 0.2) is 41.0 Å². The smallest absolute Gasteiger partial charge is 0.312 e. The largest absolute Gasteiger partial charge is 0.467 e. The molecule has 2 amide bonds. The summed E-state index contributed by atoms with van der Waals surface area (Å²) in [4.78, 5) is 38.1. The fourth-order valence-electron chi connectivity index (χ4n) is 2.82. The minimum Gasteiger partial charge on any atom is -0.467 e. The number of carbonyl (C=O) groups excluding carboxylic acids is 3. The summed E-state index contributed by atoms with van der Waals surface area (Å²) in [5, 5.41) is 2.54. The Kier molecular flexibility index (Phi) is 5.99. The number of halogens is 2. The van der Waals surface area contributed by atoms with Crippen LogP contribution >= 0.6 is 11.6 Å². The second kappa shape index (κ2) is 8.43. The van der Waals surface area contributed by atoms with Gasteiger partial charge in [0, 0.05) is 18.0 Å². The van der Waals surface area contributed by atoms with Crippen molar-refractivity contribution in [2.75, 3.05) is 11.9 Å². The van der Waals surface area contributed by atoms with Gasteiger partial charge in [0.15, 0.2) is 6.10 Å². The lowest BCUT2D eigenvalue weighted by Crippen LogP contribution is -2.33. The van der Waals surface area contributed by atoms with Crippen molar-refractivity contribution in [3.05, 3.63) is 53.2 Å². The van der Waals surface area contributed by atoms with Crippen LogP contribution in [0, 0.1) is 11.7 Å². The summed E-state index contributed by atoms with van der Waals surface area (Å²) < 4.78 is 24.1. The Bertz CT molecular complexity index is 886. The number of ether oxygens (including phenoxy) is 1. The summed E-state index contributed by atoms with van der Waals surface area (Å²) in [6.45, 7) is 1.82. The summed E-state index contributed by atoms with van der Waals surface area (Å²) in [5.74, 6) is -2.31. The predicted octanol–water partition coefficient (Wildman–Crippen LogP) is 2.99. The molecule has 2 heterocycles. The summed E-state index contributed by atoms with van der Waals surface area (Å²) in [6.07, 6.45) is 0.349. The third-order valence-corrected chi connectivity index (χ3v) is 4.56. The number of amides is 2. The number of anilines is 1. The summed E-state index contributed by atoms with van der Waals surface area (Å²) >= 11 is 5.67. The van der Waals surface area contributed by atoms with Gasteiger partial charge >= 0.3 is 5.97 Å². The summed E-state index contributed by atoms with van der Waals surface area (Å²) in [5.41, 5.74) is -0.0713. The number of furan rings is 1. The predicted molar refractivity (Wildman–Crippen MR) is 97.8 cm³/mol. The normalized spacial score (nSPS) is 17.5. The molecule has 1 aliphatic heterocycles. The van der Waals surface area contributed by atoms with Gasteiger partial charge in [-0.1, -0.05) is 11.6 Å². The lowest BCUT2D eigenvalue weighted by molar-refractivity contribution is -0.157. The van der Waals surface area contributed by atoms with Crippen molar-refractivity contribution in [1.82, 2.24) is 4.90 Å². The molecule has 1 aliphatic rings. The van der Waals surface area contributed by atoms with Crippen molar-refractivity contribution >= 4 is 35.1 Å². The molecule has 0 spiro atoms. The second-order valence-electron chi connectivity index (χ2n) is 6.45. The van der Waals surface area contributed by atoms with E-state index in [2.05, 4.69) is 5.32 Å². The Balaban J connectivity index is 1.53. The van der Waals surface area contributed by atoms with Gasteiger partial charge < -0.3 is 19.4 Å². The third kappa shape index (κ3) is 4.69. The first-order chi connectivity index (χ1) is 13.3. The molecule has 0 saturated carbocycles. The van der Waals surface area contributed by atoms with Crippen LogP contribution in [0.1, 0.15) is 19.1 Å². The van der Waals surface area contributed by atoms with Crippen molar-refractivity contribution in [2.24, 2.45) is 5.92 Å². The maximum absolute atomic E-state index is 13.8. The van der Waals surface area contributed by atoms with Gasteiger partial charge in [-0.15, -0.1) is 0 Å². The summed E-state index contributed by atoms with van der Waals surface area (Å²) in [7, 11) is 0. The molecule has 1 saturated heterocycles. The van der Waals surface area contributed by atoms with Crippen LogP contribution in [0.25, 0.3) is 0 Å². The standard InChI is InChI=1S/C19H18ClFN2O5/c1-11(18(25)22-16-5-4-13(20)8-15(16)21)28-19(26)12-7-17(24)23(9-12)10-14-3-2-6-27-14/h2-6,8,11-12H,7,9-10H2,1H3,(H,22,25)/t11-,12+/m0/s1. The highest BCUT2D eigenvalue weighted by molar-refractivity contribution is 6.30. The van der Waals surface area contributed by atoms with E-state index in [1.54, 1.807) is 12.1 Å².